The number of nitro groups is 1. The molecule has 3 rings (SSSR count). The van der Waals surface area contributed by atoms with E-state index in [2.05, 4.69) is 5.32 Å². The van der Waals surface area contributed by atoms with Crippen LogP contribution in [-0.4, -0.2) is 55.4 Å². The summed E-state index contributed by atoms with van der Waals surface area (Å²) in [4.78, 5) is 39.7. The van der Waals surface area contributed by atoms with Crippen molar-refractivity contribution in [3.63, 3.8) is 0 Å². The van der Waals surface area contributed by atoms with Gasteiger partial charge in [-0.3, -0.25) is 24.0 Å². The maximum Gasteiger partial charge on any atom is 0.271 e. The summed E-state index contributed by atoms with van der Waals surface area (Å²) in [5.74, 6) is -1.11. The number of benzene rings is 3. The zero-order chi connectivity index (χ0) is 30.9. The van der Waals surface area contributed by atoms with Crippen LogP contribution < -0.4 is 9.62 Å². The van der Waals surface area contributed by atoms with Crippen molar-refractivity contribution in [3.8, 4) is 0 Å². The normalized spacial score (nSPS) is 11.9. The van der Waals surface area contributed by atoms with E-state index in [-0.39, 0.29) is 29.4 Å². The fraction of sp³-hybridized carbons (Fsp3) is 0.310. The molecule has 0 aromatic heterocycles. The average molecular weight is 636 g/mol. The van der Waals surface area contributed by atoms with E-state index in [0.29, 0.717) is 17.1 Å². The highest BCUT2D eigenvalue weighted by Gasteiger charge is 2.33. The molecule has 0 radical (unpaired) electrons. The molecule has 2 amide bonds. The summed E-state index contributed by atoms with van der Waals surface area (Å²) in [6, 6.07) is 17.8. The van der Waals surface area contributed by atoms with E-state index >= 15 is 0 Å². The van der Waals surface area contributed by atoms with Crippen molar-refractivity contribution in [3.05, 3.63) is 104 Å². The Bertz CT molecular complexity index is 1520. The number of hydrogen-bond donors (Lipinski definition) is 1. The molecule has 42 heavy (non-hydrogen) atoms. The number of nitro benzene ring substituents is 1. The van der Waals surface area contributed by atoms with E-state index in [9.17, 15) is 28.1 Å². The van der Waals surface area contributed by atoms with Crippen LogP contribution in [-0.2, 0) is 32.6 Å². The van der Waals surface area contributed by atoms with Gasteiger partial charge in [0, 0.05) is 41.7 Å². The molecule has 0 heterocycles. The quantitative estimate of drug-likeness (QED) is 0.147. The predicted molar refractivity (Wildman–Crippen MR) is 164 cm³/mol. The number of non-ortho nitro benzene ring substituents is 1. The van der Waals surface area contributed by atoms with E-state index in [1.807, 2.05) is 37.3 Å². The minimum absolute atomic E-state index is 0.0588. The fourth-order valence-corrected chi connectivity index (χ4v) is 5.58. The summed E-state index contributed by atoms with van der Waals surface area (Å²) in [6.07, 6.45) is 2.62. The molecule has 0 unspecified atom stereocenters. The van der Waals surface area contributed by atoms with Crippen LogP contribution in [0.2, 0.25) is 10.0 Å². The van der Waals surface area contributed by atoms with Gasteiger partial charge in [-0.2, -0.15) is 0 Å². The molecule has 0 aliphatic carbocycles. The van der Waals surface area contributed by atoms with Crippen LogP contribution in [0.3, 0.4) is 0 Å². The van der Waals surface area contributed by atoms with Crippen molar-refractivity contribution in [2.45, 2.75) is 38.8 Å². The summed E-state index contributed by atoms with van der Waals surface area (Å²) < 4.78 is 26.5. The highest BCUT2D eigenvalue weighted by Crippen LogP contribution is 2.26. The van der Waals surface area contributed by atoms with Crippen molar-refractivity contribution in [1.29, 1.82) is 0 Å². The molecule has 0 bridgehead atoms. The first-order valence-corrected chi connectivity index (χ1v) is 15.8. The molecule has 3 aromatic carbocycles. The number of nitrogens with one attached hydrogen (secondary N) is 1. The van der Waals surface area contributed by atoms with Crippen LogP contribution in [0.15, 0.2) is 72.8 Å². The lowest BCUT2D eigenvalue weighted by atomic mass is 10.0. The number of nitrogens with zero attached hydrogens (tertiary/aromatic N) is 3. The van der Waals surface area contributed by atoms with E-state index in [4.69, 9.17) is 23.2 Å². The van der Waals surface area contributed by atoms with Gasteiger partial charge in [-0.05, 0) is 35.7 Å². The number of carbonyl (C=O) groups excluding carboxylic acids is 2. The van der Waals surface area contributed by atoms with Gasteiger partial charge in [-0.1, -0.05) is 79.0 Å². The van der Waals surface area contributed by atoms with Crippen LogP contribution in [0.5, 0.6) is 0 Å². The fourth-order valence-electron chi connectivity index (χ4n) is 4.27. The minimum Gasteiger partial charge on any atom is -0.354 e. The number of sulfonamides is 1. The number of hydrogen-bond acceptors (Lipinski definition) is 6. The van der Waals surface area contributed by atoms with Gasteiger partial charge in [0.2, 0.25) is 21.8 Å². The third kappa shape index (κ3) is 9.17. The molecule has 0 saturated carbocycles. The molecule has 1 atom stereocenters. The Balaban J connectivity index is 2.08. The van der Waals surface area contributed by atoms with Gasteiger partial charge in [0.25, 0.3) is 5.69 Å². The first-order valence-electron chi connectivity index (χ1n) is 13.2. The van der Waals surface area contributed by atoms with Gasteiger partial charge < -0.3 is 10.2 Å². The summed E-state index contributed by atoms with van der Waals surface area (Å²) in [5.41, 5.74) is 0.883. The minimum atomic E-state index is -4.08. The predicted octanol–water partition coefficient (Wildman–Crippen LogP) is 5.22. The van der Waals surface area contributed by atoms with Crippen LogP contribution in [0.4, 0.5) is 11.4 Å². The highest BCUT2D eigenvalue weighted by molar-refractivity contribution is 7.92. The molecule has 1 N–H and O–H groups in total. The Kier molecular flexibility index (Phi) is 11.7. The molecular formula is C29H32Cl2N4O6S. The summed E-state index contributed by atoms with van der Waals surface area (Å²) in [6.45, 7) is 1.55. The molecule has 3 aromatic rings. The lowest BCUT2D eigenvalue weighted by Gasteiger charge is -2.33. The first kappa shape index (κ1) is 32.8. The SMILES string of the molecule is CCCCNC(=O)[C@H](Cc1ccccc1)N(Cc1ccc(Cl)cc1Cl)C(=O)CN(c1cccc([N+](=O)[O-])c1)S(C)(=O)=O. The number of amides is 2. The third-order valence-electron chi connectivity index (χ3n) is 6.46. The van der Waals surface area contributed by atoms with Crippen LogP contribution in [0.25, 0.3) is 0 Å². The molecule has 224 valence electrons. The van der Waals surface area contributed by atoms with Crippen molar-refractivity contribution in [2.75, 3.05) is 23.7 Å². The Hall–Kier alpha value is -3.67. The van der Waals surface area contributed by atoms with Gasteiger partial charge in [0.1, 0.15) is 12.6 Å². The van der Waals surface area contributed by atoms with E-state index in [1.54, 1.807) is 12.1 Å². The van der Waals surface area contributed by atoms with Gasteiger partial charge >= 0.3 is 0 Å². The summed E-state index contributed by atoms with van der Waals surface area (Å²) >= 11 is 12.5. The molecule has 0 spiro atoms. The molecule has 13 heteroatoms. The van der Waals surface area contributed by atoms with Gasteiger partial charge in [-0.25, -0.2) is 8.42 Å². The van der Waals surface area contributed by atoms with Crippen molar-refractivity contribution in [2.24, 2.45) is 0 Å². The van der Waals surface area contributed by atoms with Gasteiger partial charge in [-0.15, -0.1) is 0 Å². The van der Waals surface area contributed by atoms with Crippen molar-refractivity contribution >= 4 is 56.4 Å². The Morgan fingerprint density at radius 2 is 1.74 bits per heavy atom. The van der Waals surface area contributed by atoms with Crippen molar-refractivity contribution in [1.82, 2.24) is 10.2 Å². The molecule has 0 fully saturated rings. The lowest BCUT2D eigenvalue weighted by Crippen LogP contribution is -2.53. The van der Waals surface area contributed by atoms with Gasteiger partial charge in [0.05, 0.1) is 16.9 Å². The highest BCUT2D eigenvalue weighted by atomic mass is 35.5. The Labute approximate surface area is 255 Å². The Morgan fingerprint density at radius 1 is 1.02 bits per heavy atom. The van der Waals surface area contributed by atoms with E-state index in [1.165, 1.54) is 29.2 Å². The third-order valence-corrected chi connectivity index (χ3v) is 8.19. The average Bonchev–Trinajstić information content (AvgIpc) is 2.94. The molecule has 0 saturated heterocycles. The van der Waals surface area contributed by atoms with Crippen LogP contribution in [0.1, 0.15) is 30.9 Å². The van der Waals surface area contributed by atoms with Crippen LogP contribution >= 0.6 is 23.2 Å². The topological polar surface area (TPSA) is 130 Å². The Morgan fingerprint density at radius 3 is 2.36 bits per heavy atom. The molecular weight excluding hydrogens is 603 g/mol. The second kappa shape index (κ2) is 15.0. The van der Waals surface area contributed by atoms with Crippen LogP contribution in [0, 0.1) is 10.1 Å². The number of unbranched alkanes of at least 4 members (excludes halogenated alkanes) is 1. The second-order valence-electron chi connectivity index (χ2n) is 9.65. The zero-order valence-electron chi connectivity index (χ0n) is 23.2. The smallest absolute Gasteiger partial charge is 0.271 e. The maximum absolute atomic E-state index is 14.1. The van der Waals surface area contributed by atoms with E-state index in [0.717, 1.165) is 35.0 Å². The number of halogens is 2. The standard InChI is InChI=1S/C29H32Cl2N4O6S/c1-3-4-15-32-29(37)27(16-21-9-6-5-7-10-21)33(19-22-13-14-23(30)17-26(22)31)28(36)20-34(42(2,40)41)24-11-8-12-25(18-24)35(38)39/h5-14,17-18,27H,3-4,15-16,19-20H2,1-2H3,(H,32,37)/t27-/m0/s1. The summed E-state index contributed by atoms with van der Waals surface area (Å²) in [7, 11) is -4.08. The number of carbonyl (C=O) groups is 2. The second-order valence-corrected chi connectivity index (χ2v) is 12.4. The maximum atomic E-state index is 14.1. The van der Waals surface area contributed by atoms with Crippen molar-refractivity contribution < 1.29 is 22.9 Å². The molecule has 0 aliphatic heterocycles. The number of anilines is 1. The summed E-state index contributed by atoms with van der Waals surface area (Å²) in [5, 5.41) is 14.9. The van der Waals surface area contributed by atoms with Gasteiger partial charge in [0.15, 0.2) is 0 Å². The largest absolute Gasteiger partial charge is 0.354 e. The van der Waals surface area contributed by atoms with E-state index < -0.39 is 39.3 Å². The molecule has 10 nitrogen and oxygen atoms in total. The monoisotopic (exact) mass is 634 g/mol. The lowest BCUT2D eigenvalue weighted by molar-refractivity contribution is -0.384. The first-order chi connectivity index (χ1) is 19.9. The molecule has 0 aliphatic rings. The zero-order valence-corrected chi connectivity index (χ0v) is 25.5. The number of rotatable bonds is 14.